The zero-order valence-corrected chi connectivity index (χ0v) is 16.5. The van der Waals surface area contributed by atoms with Crippen molar-refractivity contribution in [2.75, 3.05) is 13.2 Å². The highest BCUT2D eigenvalue weighted by Gasteiger charge is 2.09. The molecule has 0 spiro atoms. The van der Waals surface area contributed by atoms with Crippen molar-refractivity contribution >= 4 is 27.3 Å². The van der Waals surface area contributed by atoms with E-state index < -0.39 is 6.10 Å². The van der Waals surface area contributed by atoms with Gasteiger partial charge in [0.15, 0.2) is 4.96 Å². The van der Waals surface area contributed by atoms with Gasteiger partial charge in [0.2, 0.25) is 0 Å². The van der Waals surface area contributed by atoms with Crippen LogP contribution in [0, 0.1) is 13.8 Å². The van der Waals surface area contributed by atoms with Gasteiger partial charge in [0, 0.05) is 47.9 Å². The summed E-state index contributed by atoms with van der Waals surface area (Å²) in [6.07, 6.45) is 1.33. The SMILES string of the molecule is Cc1cc(=O)oc2cc(OC[C@@H](O)CNCc3cn4c(C)csc4n3)ccc12. The van der Waals surface area contributed by atoms with Gasteiger partial charge in [-0.05, 0) is 31.5 Å². The van der Waals surface area contributed by atoms with E-state index in [1.807, 2.05) is 26.1 Å². The Morgan fingerprint density at radius 1 is 1.36 bits per heavy atom. The van der Waals surface area contributed by atoms with Crippen LogP contribution in [-0.4, -0.2) is 33.7 Å². The number of nitrogens with zero attached hydrogens (tertiary/aromatic N) is 2. The highest BCUT2D eigenvalue weighted by atomic mass is 32.1. The zero-order valence-electron chi connectivity index (χ0n) is 15.6. The monoisotopic (exact) mass is 399 g/mol. The molecule has 0 aliphatic carbocycles. The Kier molecular flexibility index (Phi) is 5.17. The van der Waals surface area contributed by atoms with Gasteiger partial charge in [-0.1, -0.05) is 0 Å². The first kappa shape index (κ1) is 18.7. The molecule has 8 heteroatoms. The summed E-state index contributed by atoms with van der Waals surface area (Å²) in [5.41, 5.74) is 3.04. The number of thiazole rings is 1. The van der Waals surface area contributed by atoms with E-state index in [1.54, 1.807) is 23.5 Å². The van der Waals surface area contributed by atoms with Gasteiger partial charge in [0.1, 0.15) is 24.0 Å². The van der Waals surface area contributed by atoms with Crippen LogP contribution >= 0.6 is 11.3 Å². The molecule has 0 aliphatic heterocycles. The van der Waals surface area contributed by atoms with Crippen LogP contribution in [0.15, 0.2) is 45.1 Å². The Labute approximate surface area is 165 Å². The Hall–Kier alpha value is -2.68. The highest BCUT2D eigenvalue weighted by molar-refractivity contribution is 7.15. The number of rotatable bonds is 7. The Morgan fingerprint density at radius 3 is 3.04 bits per heavy atom. The summed E-state index contributed by atoms with van der Waals surface area (Å²) >= 11 is 1.61. The lowest BCUT2D eigenvalue weighted by Crippen LogP contribution is -2.31. The predicted octanol–water partition coefficient (Wildman–Crippen LogP) is 2.65. The second-order valence-electron chi connectivity index (χ2n) is 6.76. The third-order valence-electron chi connectivity index (χ3n) is 4.49. The quantitative estimate of drug-likeness (QED) is 0.465. The lowest BCUT2D eigenvalue weighted by atomic mass is 10.1. The van der Waals surface area contributed by atoms with E-state index in [-0.39, 0.29) is 12.2 Å². The van der Waals surface area contributed by atoms with Crippen molar-refractivity contribution in [3.05, 3.63) is 63.2 Å². The van der Waals surface area contributed by atoms with Crippen LogP contribution < -0.4 is 15.7 Å². The Balaban J connectivity index is 1.29. The van der Waals surface area contributed by atoms with Crippen molar-refractivity contribution in [1.82, 2.24) is 14.7 Å². The number of fused-ring (bicyclic) bond motifs is 2. The maximum atomic E-state index is 11.5. The number of nitrogens with one attached hydrogen (secondary N) is 1. The van der Waals surface area contributed by atoms with Crippen molar-refractivity contribution in [2.45, 2.75) is 26.5 Å². The number of aromatic nitrogens is 2. The third kappa shape index (κ3) is 3.94. The maximum absolute atomic E-state index is 11.5. The molecule has 1 atom stereocenters. The number of benzene rings is 1. The summed E-state index contributed by atoms with van der Waals surface area (Å²) in [6.45, 7) is 4.99. The minimum absolute atomic E-state index is 0.131. The van der Waals surface area contributed by atoms with Crippen LogP contribution in [0.4, 0.5) is 0 Å². The minimum atomic E-state index is -0.675. The second kappa shape index (κ2) is 7.75. The number of aliphatic hydroxyl groups is 1. The van der Waals surface area contributed by atoms with Gasteiger partial charge in [-0.25, -0.2) is 9.78 Å². The molecule has 0 saturated carbocycles. The van der Waals surface area contributed by atoms with Crippen LogP contribution in [0.3, 0.4) is 0 Å². The Morgan fingerprint density at radius 2 is 2.21 bits per heavy atom. The van der Waals surface area contributed by atoms with Crippen LogP contribution in [0.5, 0.6) is 5.75 Å². The maximum Gasteiger partial charge on any atom is 0.336 e. The minimum Gasteiger partial charge on any atom is -0.491 e. The summed E-state index contributed by atoms with van der Waals surface area (Å²) in [5, 5.41) is 16.3. The van der Waals surface area contributed by atoms with E-state index in [0.29, 0.717) is 24.4 Å². The molecule has 4 rings (SSSR count). The largest absolute Gasteiger partial charge is 0.491 e. The van der Waals surface area contributed by atoms with Crippen LogP contribution in [0.25, 0.3) is 15.9 Å². The summed E-state index contributed by atoms with van der Waals surface area (Å²) in [4.78, 5) is 17.0. The number of hydrogen-bond donors (Lipinski definition) is 2. The average Bonchev–Trinajstić information content (AvgIpc) is 3.21. The molecule has 3 aromatic heterocycles. The van der Waals surface area contributed by atoms with Crippen molar-refractivity contribution < 1.29 is 14.3 Å². The summed E-state index contributed by atoms with van der Waals surface area (Å²) in [5.74, 6) is 0.546. The normalized spacial score (nSPS) is 12.7. The fourth-order valence-electron chi connectivity index (χ4n) is 3.04. The first-order valence-corrected chi connectivity index (χ1v) is 9.86. The van der Waals surface area contributed by atoms with Crippen molar-refractivity contribution in [1.29, 1.82) is 0 Å². The molecule has 0 amide bonds. The zero-order chi connectivity index (χ0) is 19.7. The van der Waals surface area contributed by atoms with Gasteiger partial charge in [0.25, 0.3) is 0 Å². The smallest absolute Gasteiger partial charge is 0.336 e. The van der Waals surface area contributed by atoms with Gasteiger partial charge >= 0.3 is 5.63 Å². The number of hydrogen-bond acceptors (Lipinski definition) is 7. The molecule has 0 bridgehead atoms. The molecular weight excluding hydrogens is 378 g/mol. The van der Waals surface area contributed by atoms with Crippen LogP contribution in [-0.2, 0) is 6.54 Å². The fourth-order valence-corrected chi connectivity index (χ4v) is 3.91. The molecule has 2 N–H and O–H groups in total. The summed E-state index contributed by atoms with van der Waals surface area (Å²) < 4.78 is 12.9. The standard InChI is InChI=1S/C20H21N3O4S/c1-12-5-19(25)27-18-6-16(3-4-17(12)18)26-10-15(24)8-21-7-14-9-23-13(2)11-28-20(23)22-14/h3-6,9,11,15,21,24H,7-8,10H2,1-2H3/t15-/m0/s1. The Bertz CT molecular complexity index is 1180. The van der Waals surface area contributed by atoms with Gasteiger partial charge in [-0.15, -0.1) is 11.3 Å². The lowest BCUT2D eigenvalue weighted by molar-refractivity contribution is 0.106. The molecule has 28 heavy (non-hydrogen) atoms. The van der Waals surface area contributed by atoms with Crippen LogP contribution in [0.2, 0.25) is 0 Å². The van der Waals surface area contributed by atoms with E-state index in [1.165, 1.54) is 6.07 Å². The molecule has 3 heterocycles. The molecule has 0 aliphatic rings. The average molecular weight is 399 g/mol. The van der Waals surface area contributed by atoms with Gasteiger partial charge in [-0.3, -0.25) is 4.40 Å². The van der Waals surface area contributed by atoms with E-state index in [9.17, 15) is 9.90 Å². The number of ether oxygens (including phenoxy) is 1. The number of aliphatic hydroxyl groups excluding tert-OH is 1. The van der Waals surface area contributed by atoms with E-state index >= 15 is 0 Å². The van der Waals surface area contributed by atoms with Gasteiger partial charge < -0.3 is 19.6 Å². The van der Waals surface area contributed by atoms with Crippen LogP contribution in [0.1, 0.15) is 17.0 Å². The third-order valence-corrected chi connectivity index (χ3v) is 5.45. The predicted molar refractivity (Wildman–Crippen MR) is 108 cm³/mol. The van der Waals surface area contributed by atoms with Crippen molar-refractivity contribution in [2.24, 2.45) is 0 Å². The first-order valence-electron chi connectivity index (χ1n) is 8.98. The molecule has 0 saturated heterocycles. The number of aryl methyl sites for hydroxylation is 2. The van der Waals surface area contributed by atoms with E-state index in [2.05, 4.69) is 20.1 Å². The number of imidazole rings is 1. The van der Waals surface area contributed by atoms with Crippen molar-refractivity contribution in [3.8, 4) is 5.75 Å². The lowest BCUT2D eigenvalue weighted by Gasteiger charge is -2.13. The van der Waals surface area contributed by atoms with Gasteiger partial charge in [0.05, 0.1) is 5.69 Å². The molecule has 0 unspecified atom stereocenters. The van der Waals surface area contributed by atoms with E-state index in [4.69, 9.17) is 9.15 Å². The first-order chi connectivity index (χ1) is 13.5. The molecule has 1 aromatic carbocycles. The molecule has 146 valence electrons. The molecule has 0 radical (unpaired) electrons. The van der Waals surface area contributed by atoms with E-state index in [0.717, 1.165) is 27.3 Å². The molecular formula is C20H21N3O4S. The molecule has 7 nitrogen and oxygen atoms in total. The summed E-state index contributed by atoms with van der Waals surface area (Å²) in [7, 11) is 0. The molecule has 0 fully saturated rings. The van der Waals surface area contributed by atoms with Crippen molar-refractivity contribution in [3.63, 3.8) is 0 Å². The topological polar surface area (TPSA) is 89.0 Å². The highest BCUT2D eigenvalue weighted by Crippen LogP contribution is 2.22. The van der Waals surface area contributed by atoms with Gasteiger partial charge in [-0.2, -0.15) is 0 Å². The second-order valence-corrected chi connectivity index (χ2v) is 7.60. The summed E-state index contributed by atoms with van der Waals surface area (Å²) in [6, 6.07) is 6.78. The molecule has 4 aromatic rings. The fraction of sp³-hybridized carbons (Fsp3) is 0.300.